The molecule has 1 N–H and O–H groups in total. The summed E-state index contributed by atoms with van der Waals surface area (Å²) in [5.74, 6) is 1.83. The Morgan fingerprint density at radius 3 is 2.60 bits per heavy atom. The third-order valence-corrected chi connectivity index (χ3v) is 6.51. The van der Waals surface area contributed by atoms with E-state index in [0.717, 1.165) is 16.8 Å². The van der Waals surface area contributed by atoms with Crippen molar-refractivity contribution < 1.29 is 9.31 Å². The molecule has 0 unspecified atom stereocenters. The lowest BCUT2D eigenvalue weighted by atomic mass is 9.68. The van der Waals surface area contributed by atoms with Crippen molar-refractivity contribution >= 4 is 11.4 Å². The predicted octanol–water partition coefficient (Wildman–Crippen LogP) is 5.03. The second kappa shape index (κ2) is 5.28. The van der Waals surface area contributed by atoms with Gasteiger partial charge in [-0.25, -0.2) is 4.39 Å². The lowest BCUT2D eigenvalue weighted by Crippen LogP contribution is -2.35. The highest BCUT2D eigenvalue weighted by Gasteiger charge is 2.54. The van der Waals surface area contributed by atoms with Crippen molar-refractivity contribution in [1.29, 1.82) is 0 Å². The summed E-state index contributed by atoms with van der Waals surface area (Å²) in [5, 5.41) is 14.8. The highest BCUT2D eigenvalue weighted by atomic mass is 19.1. The summed E-state index contributed by atoms with van der Waals surface area (Å²) < 4.78 is 13.3. The molecule has 128 valence electrons. The first-order chi connectivity index (χ1) is 12.1. The van der Waals surface area contributed by atoms with Crippen LogP contribution >= 0.6 is 0 Å². The first-order valence-electron chi connectivity index (χ1n) is 8.92. The van der Waals surface area contributed by atoms with Gasteiger partial charge in [0.2, 0.25) is 0 Å². The molecule has 0 spiro atoms. The zero-order valence-electron chi connectivity index (χ0n) is 13.7. The molecule has 1 heterocycles. The van der Waals surface area contributed by atoms with Gasteiger partial charge in [0.25, 0.3) is 5.69 Å². The molecule has 2 aromatic rings. The van der Waals surface area contributed by atoms with Gasteiger partial charge in [-0.15, -0.1) is 0 Å². The summed E-state index contributed by atoms with van der Waals surface area (Å²) in [5.41, 5.74) is 3.37. The van der Waals surface area contributed by atoms with Crippen LogP contribution in [-0.4, -0.2) is 4.92 Å². The molecule has 5 atom stereocenters. The zero-order valence-corrected chi connectivity index (χ0v) is 13.7. The number of fused-ring (bicyclic) bond motifs is 7. The summed E-state index contributed by atoms with van der Waals surface area (Å²) in [6.07, 6.45) is 3.65. The first kappa shape index (κ1) is 14.9. The molecular formula is C20H19FN2O2. The number of non-ortho nitro benzene ring substituents is 1. The minimum atomic E-state index is -0.311. The summed E-state index contributed by atoms with van der Waals surface area (Å²) >= 11 is 0. The van der Waals surface area contributed by atoms with Crippen LogP contribution in [0.25, 0.3) is 0 Å². The van der Waals surface area contributed by atoms with Crippen molar-refractivity contribution in [1.82, 2.24) is 0 Å². The second-order valence-electron chi connectivity index (χ2n) is 7.64. The van der Waals surface area contributed by atoms with Crippen LogP contribution in [0.2, 0.25) is 0 Å². The van der Waals surface area contributed by atoms with Gasteiger partial charge < -0.3 is 5.32 Å². The standard InChI is InChI=1S/C20H19FN2O2/c21-14-5-3-11(4-6-14)20-19-13-2-1-12(9-13)18(19)16-10-15(23(24)25)7-8-17(16)22-20/h3-8,10,12-13,18-20,22H,1-2,9H2/t12-,13+,18+,19-,20-/m0/s1. The molecule has 5 rings (SSSR count). The molecule has 5 heteroatoms. The molecule has 3 aliphatic rings. The van der Waals surface area contributed by atoms with E-state index in [1.165, 1.54) is 31.4 Å². The summed E-state index contributed by atoms with van der Waals surface area (Å²) in [6, 6.07) is 12.1. The van der Waals surface area contributed by atoms with Gasteiger partial charge in [0, 0.05) is 17.8 Å². The van der Waals surface area contributed by atoms with Crippen molar-refractivity contribution in [3.05, 3.63) is 69.5 Å². The van der Waals surface area contributed by atoms with Crippen LogP contribution in [0.4, 0.5) is 15.8 Å². The van der Waals surface area contributed by atoms with Crippen LogP contribution in [0, 0.1) is 33.7 Å². The van der Waals surface area contributed by atoms with Gasteiger partial charge in [0.05, 0.1) is 11.0 Å². The minimum Gasteiger partial charge on any atom is -0.378 e. The van der Waals surface area contributed by atoms with E-state index in [-0.39, 0.29) is 22.5 Å². The van der Waals surface area contributed by atoms with Gasteiger partial charge in [-0.05, 0) is 72.3 Å². The average Bonchev–Trinajstić information content (AvgIpc) is 3.23. The third-order valence-electron chi connectivity index (χ3n) is 6.51. The largest absolute Gasteiger partial charge is 0.378 e. The fourth-order valence-electron chi connectivity index (χ4n) is 5.59. The summed E-state index contributed by atoms with van der Waals surface area (Å²) in [4.78, 5) is 10.9. The fourth-order valence-corrected chi connectivity index (χ4v) is 5.59. The van der Waals surface area contributed by atoms with E-state index >= 15 is 0 Å². The number of hydrogen-bond donors (Lipinski definition) is 1. The van der Waals surface area contributed by atoms with Crippen molar-refractivity contribution in [2.24, 2.45) is 17.8 Å². The van der Waals surface area contributed by atoms with Crippen LogP contribution in [0.5, 0.6) is 0 Å². The Kier molecular flexibility index (Phi) is 3.14. The molecule has 2 saturated carbocycles. The van der Waals surface area contributed by atoms with Crippen LogP contribution in [0.1, 0.15) is 42.3 Å². The Bertz CT molecular complexity index is 851. The maximum absolute atomic E-state index is 13.3. The molecule has 25 heavy (non-hydrogen) atoms. The van der Waals surface area contributed by atoms with Gasteiger partial charge in [0.15, 0.2) is 0 Å². The molecule has 0 aromatic heterocycles. The zero-order chi connectivity index (χ0) is 17.1. The maximum Gasteiger partial charge on any atom is 0.269 e. The van der Waals surface area contributed by atoms with Gasteiger partial charge in [0.1, 0.15) is 5.82 Å². The molecule has 2 aromatic carbocycles. The van der Waals surface area contributed by atoms with E-state index in [1.54, 1.807) is 12.1 Å². The number of nitro benzene ring substituents is 1. The molecule has 0 saturated heterocycles. The van der Waals surface area contributed by atoms with Gasteiger partial charge in [-0.3, -0.25) is 10.1 Å². The molecule has 4 nitrogen and oxygen atoms in total. The van der Waals surface area contributed by atoms with E-state index in [2.05, 4.69) is 5.32 Å². The van der Waals surface area contributed by atoms with E-state index in [0.29, 0.717) is 23.7 Å². The SMILES string of the molecule is O=[N+]([O-])c1ccc2c(c1)[C@H]1[C@H]3CC[C@H](C3)[C@@H]1[C@H](c1ccc(F)cc1)N2. The normalized spacial score (nSPS) is 32.0. The van der Waals surface area contributed by atoms with Crippen molar-refractivity contribution in [3.63, 3.8) is 0 Å². The smallest absolute Gasteiger partial charge is 0.269 e. The fraction of sp³-hybridized carbons (Fsp3) is 0.400. The average molecular weight is 338 g/mol. The summed E-state index contributed by atoms with van der Waals surface area (Å²) in [7, 11) is 0. The Hall–Kier alpha value is -2.43. The van der Waals surface area contributed by atoms with Crippen LogP contribution in [0.3, 0.4) is 0 Å². The number of hydrogen-bond acceptors (Lipinski definition) is 3. The minimum absolute atomic E-state index is 0.148. The first-order valence-corrected chi connectivity index (χ1v) is 8.92. The van der Waals surface area contributed by atoms with Crippen LogP contribution in [-0.2, 0) is 0 Å². The molecule has 0 radical (unpaired) electrons. The highest BCUT2D eigenvalue weighted by molar-refractivity contribution is 5.62. The van der Waals surface area contributed by atoms with Crippen LogP contribution < -0.4 is 5.32 Å². The lowest BCUT2D eigenvalue weighted by molar-refractivity contribution is -0.384. The third kappa shape index (κ3) is 2.18. The molecular weight excluding hydrogens is 319 g/mol. The molecule has 2 bridgehead atoms. The number of anilines is 1. The molecule has 1 aliphatic heterocycles. The topological polar surface area (TPSA) is 55.2 Å². The quantitative estimate of drug-likeness (QED) is 0.617. The van der Waals surface area contributed by atoms with Gasteiger partial charge >= 0.3 is 0 Å². The van der Waals surface area contributed by atoms with E-state index in [1.807, 2.05) is 18.2 Å². The summed E-state index contributed by atoms with van der Waals surface area (Å²) in [6.45, 7) is 0. The van der Waals surface area contributed by atoms with E-state index in [4.69, 9.17) is 0 Å². The number of halogens is 1. The van der Waals surface area contributed by atoms with Crippen molar-refractivity contribution in [2.45, 2.75) is 31.2 Å². The monoisotopic (exact) mass is 338 g/mol. The van der Waals surface area contributed by atoms with Gasteiger partial charge in [-0.1, -0.05) is 12.1 Å². The number of nitrogens with zero attached hydrogens (tertiary/aromatic N) is 1. The Labute approximate surface area is 145 Å². The van der Waals surface area contributed by atoms with Crippen LogP contribution in [0.15, 0.2) is 42.5 Å². The Morgan fingerprint density at radius 1 is 1.08 bits per heavy atom. The number of nitrogens with one attached hydrogen (secondary N) is 1. The molecule has 0 amide bonds. The second-order valence-corrected chi connectivity index (χ2v) is 7.64. The van der Waals surface area contributed by atoms with E-state index in [9.17, 15) is 14.5 Å². The number of benzene rings is 2. The van der Waals surface area contributed by atoms with Crippen molar-refractivity contribution in [3.8, 4) is 0 Å². The van der Waals surface area contributed by atoms with Gasteiger partial charge in [-0.2, -0.15) is 0 Å². The van der Waals surface area contributed by atoms with Crippen molar-refractivity contribution in [2.75, 3.05) is 5.32 Å². The molecule has 2 fully saturated rings. The predicted molar refractivity (Wildman–Crippen MR) is 92.9 cm³/mol. The lowest BCUT2D eigenvalue weighted by Gasteiger charge is -2.43. The number of rotatable bonds is 2. The Morgan fingerprint density at radius 2 is 1.84 bits per heavy atom. The van der Waals surface area contributed by atoms with E-state index < -0.39 is 0 Å². The number of nitro groups is 1. The molecule has 2 aliphatic carbocycles. The highest BCUT2D eigenvalue weighted by Crippen LogP contribution is 2.63. The maximum atomic E-state index is 13.3. The Balaban J connectivity index is 1.62.